The van der Waals surface area contributed by atoms with Gasteiger partial charge in [0, 0.05) is 49.7 Å². The van der Waals surface area contributed by atoms with Crippen molar-refractivity contribution in [3.05, 3.63) is 95.6 Å². The Kier molecular flexibility index (Phi) is 5.92. The van der Waals surface area contributed by atoms with Gasteiger partial charge in [0.05, 0.1) is 0 Å². The number of carbonyl (C=O) groups excluding carboxylic acids is 1. The van der Waals surface area contributed by atoms with E-state index in [1.165, 1.54) is 11.3 Å². The highest BCUT2D eigenvalue weighted by Crippen LogP contribution is 2.18. The second-order valence-corrected chi connectivity index (χ2v) is 7.56. The van der Waals surface area contributed by atoms with Crippen LogP contribution in [0.5, 0.6) is 0 Å². The zero-order chi connectivity index (χ0) is 20.1. The van der Waals surface area contributed by atoms with Crippen molar-refractivity contribution in [2.45, 2.75) is 13.5 Å². The van der Waals surface area contributed by atoms with Crippen LogP contribution in [0.4, 0.5) is 11.4 Å². The third kappa shape index (κ3) is 4.84. The minimum atomic E-state index is -0.0673. The van der Waals surface area contributed by atoms with Crippen molar-refractivity contribution < 1.29 is 4.79 Å². The van der Waals surface area contributed by atoms with Gasteiger partial charge in [0.15, 0.2) is 0 Å². The maximum Gasteiger partial charge on any atom is 0.255 e. The summed E-state index contributed by atoms with van der Waals surface area (Å²) in [6, 6.07) is 26.4. The summed E-state index contributed by atoms with van der Waals surface area (Å²) in [4.78, 5) is 17.4. The van der Waals surface area contributed by atoms with Gasteiger partial charge in [0.1, 0.15) is 0 Å². The number of nitrogens with one attached hydrogen (secondary N) is 1. The molecule has 4 rings (SSSR count). The van der Waals surface area contributed by atoms with Gasteiger partial charge < -0.3 is 10.2 Å². The molecule has 148 valence electrons. The highest BCUT2D eigenvalue weighted by Gasteiger charge is 2.17. The maximum absolute atomic E-state index is 12.5. The van der Waals surface area contributed by atoms with Crippen molar-refractivity contribution in [1.29, 1.82) is 0 Å². The van der Waals surface area contributed by atoms with Gasteiger partial charge >= 0.3 is 0 Å². The predicted octanol–water partition coefficient (Wildman–Crippen LogP) is 4.57. The van der Waals surface area contributed by atoms with Crippen LogP contribution in [0, 0.1) is 6.92 Å². The van der Waals surface area contributed by atoms with E-state index in [0.29, 0.717) is 5.56 Å². The molecule has 0 atom stereocenters. The number of aryl methyl sites for hydroxylation is 1. The summed E-state index contributed by atoms with van der Waals surface area (Å²) in [7, 11) is 0. The number of hydrogen-bond acceptors (Lipinski definition) is 3. The lowest BCUT2D eigenvalue weighted by molar-refractivity contribution is 0.102. The number of piperazine rings is 1. The normalized spacial score (nSPS) is 14.6. The largest absolute Gasteiger partial charge is 0.369 e. The molecular weight excluding hydrogens is 358 g/mol. The number of carbonyl (C=O) groups is 1. The van der Waals surface area contributed by atoms with Crippen LogP contribution in [0.2, 0.25) is 0 Å². The van der Waals surface area contributed by atoms with Crippen molar-refractivity contribution >= 4 is 17.3 Å². The van der Waals surface area contributed by atoms with Crippen LogP contribution in [0.15, 0.2) is 78.9 Å². The van der Waals surface area contributed by atoms with E-state index in [-0.39, 0.29) is 5.91 Å². The monoisotopic (exact) mass is 385 g/mol. The summed E-state index contributed by atoms with van der Waals surface area (Å²) < 4.78 is 0. The summed E-state index contributed by atoms with van der Waals surface area (Å²) in [5.74, 6) is -0.0673. The van der Waals surface area contributed by atoms with E-state index < -0.39 is 0 Å². The molecule has 4 heteroatoms. The molecule has 1 saturated heterocycles. The van der Waals surface area contributed by atoms with Crippen LogP contribution >= 0.6 is 0 Å². The highest BCUT2D eigenvalue weighted by atomic mass is 16.1. The quantitative estimate of drug-likeness (QED) is 0.699. The third-order valence-corrected chi connectivity index (χ3v) is 5.51. The van der Waals surface area contributed by atoms with Crippen LogP contribution in [0.25, 0.3) is 0 Å². The molecule has 0 radical (unpaired) electrons. The van der Waals surface area contributed by atoms with Crippen molar-refractivity contribution in [3.63, 3.8) is 0 Å². The summed E-state index contributed by atoms with van der Waals surface area (Å²) in [5.41, 5.74) is 5.15. The lowest BCUT2D eigenvalue weighted by atomic mass is 10.1. The molecule has 3 aromatic carbocycles. The molecule has 0 aliphatic carbocycles. The van der Waals surface area contributed by atoms with E-state index in [0.717, 1.165) is 44.0 Å². The Morgan fingerprint density at radius 3 is 2.17 bits per heavy atom. The molecule has 0 aromatic heterocycles. The first-order valence-corrected chi connectivity index (χ1v) is 10.2. The van der Waals surface area contributed by atoms with Crippen LogP contribution < -0.4 is 10.2 Å². The van der Waals surface area contributed by atoms with Crippen molar-refractivity contribution in [2.24, 2.45) is 0 Å². The molecule has 4 nitrogen and oxygen atoms in total. The van der Waals surface area contributed by atoms with Gasteiger partial charge in [0.2, 0.25) is 0 Å². The number of benzene rings is 3. The standard InChI is InChI=1S/C25H27N3O/c1-20-7-5-6-10-24(20)26-25(29)22-13-11-21(12-14-22)19-27-15-17-28(18-16-27)23-8-3-2-4-9-23/h2-14H,15-19H2,1H3,(H,26,29). The Labute approximate surface area is 172 Å². The Morgan fingerprint density at radius 2 is 1.48 bits per heavy atom. The smallest absolute Gasteiger partial charge is 0.255 e. The fraction of sp³-hybridized carbons (Fsp3) is 0.240. The third-order valence-electron chi connectivity index (χ3n) is 5.51. The van der Waals surface area contributed by atoms with Crippen LogP contribution in [-0.4, -0.2) is 37.0 Å². The fourth-order valence-electron chi connectivity index (χ4n) is 3.73. The number of nitrogens with zero attached hydrogens (tertiary/aromatic N) is 2. The Hall–Kier alpha value is -3.11. The van der Waals surface area contributed by atoms with Gasteiger partial charge in [-0.25, -0.2) is 0 Å². The number of hydrogen-bond donors (Lipinski definition) is 1. The van der Waals surface area contributed by atoms with Gasteiger partial charge in [-0.1, -0.05) is 48.5 Å². The van der Waals surface area contributed by atoms with Gasteiger partial charge in [-0.3, -0.25) is 9.69 Å². The molecule has 1 N–H and O–H groups in total. The lowest BCUT2D eigenvalue weighted by Crippen LogP contribution is -2.45. The average Bonchev–Trinajstić information content (AvgIpc) is 2.77. The fourth-order valence-corrected chi connectivity index (χ4v) is 3.73. The summed E-state index contributed by atoms with van der Waals surface area (Å²) in [6.07, 6.45) is 0. The number of rotatable bonds is 5. The topological polar surface area (TPSA) is 35.6 Å². The minimum Gasteiger partial charge on any atom is -0.369 e. The average molecular weight is 386 g/mol. The van der Waals surface area contributed by atoms with Crippen LogP contribution in [0.1, 0.15) is 21.5 Å². The number of para-hydroxylation sites is 2. The molecule has 3 aromatic rings. The van der Waals surface area contributed by atoms with E-state index in [1.807, 2.05) is 43.3 Å². The minimum absolute atomic E-state index is 0.0673. The summed E-state index contributed by atoms with van der Waals surface area (Å²) in [5, 5.41) is 2.99. The van der Waals surface area contributed by atoms with Crippen LogP contribution in [-0.2, 0) is 6.54 Å². The van der Waals surface area contributed by atoms with Gasteiger partial charge in [-0.15, -0.1) is 0 Å². The lowest BCUT2D eigenvalue weighted by Gasteiger charge is -2.36. The van der Waals surface area contributed by atoms with Crippen molar-refractivity contribution in [3.8, 4) is 0 Å². The van der Waals surface area contributed by atoms with E-state index in [9.17, 15) is 4.79 Å². The molecule has 0 spiro atoms. The Balaban J connectivity index is 1.31. The zero-order valence-corrected chi connectivity index (χ0v) is 16.8. The highest BCUT2D eigenvalue weighted by molar-refractivity contribution is 6.04. The molecule has 1 amide bonds. The van der Waals surface area contributed by atoms with E-state index in [2.05, 4.69) is 57.6 Å². The second kappa shape index (κ2) is 8.93. The summed E-state index contributed by atoms with van der Waals surface area (Å²) >= 11 is 0. The molecule has 0 unspecified atom stereocenters. The number of anilines is 2. The Bertz CT molecular complexity index is 945. The van der Waals surface area contributed by atoms with Crippen LogP contribution in [0.3, 0.4) is 0 Å². The van der Waals surface area contributed by atoms with Crippen molar-refractivity contribution in [2.75, 3.05) is 36.4 Å². The molecular formula is C25H27N3O. The molecule has 1 aliphatic heterocycles. The van der Waals surface area contributed by atoms with E-state index in [1.54, 1.807) is 0 Å². The number of amides is 1. The summed E-state index contributed by atoms with van der Waals surface area (Å²) in [6.45, 7) is 7.09. The van der Waals surface area contributed by atoms with E-state index in [4.69, 9.17) is 0 Å². The van der Waals surface area contributed by atoms with Gasteiger partial charge in [-0.05, 0) is 48.4 Å². The first-order chi connectivity index (χ1) is 14.2. The maximum atomic E-state index is 12.5. The van der Waals surface area contributed by atoms with Gasteiger partial charge in [-0.2, -0.15) is 0 Å². The zero-order valence-electron chi connectivity index (χ0n) is 16.8. The molecule has 1 fully saturated rings. The van der Waals surface area contributed by atoms with E-state index >= 15 is 0 Å². The molecule has 29 heavy (non-hydrogen) atoms. The molecule has 1 aliphatic rings. The molecule has 0 saturated carbocycles. The Morgan fingerprint density at radius 1 is 0.828 bits per heavy atom. The molecule has 0 bridgehead atoms. The first-order valence-electron chi connectivity index (χ1n) is 10.2. The first kappa shape index (κ1) is 19.2. The van der Waals surface area contributed by atoms with Crippen molar-refractivity contribution in [1.82, 2.24) is 4.90 Å². The van der Waals surface area contributed by atoms with Gasteiger partial charge in [0.25, 0.3) is 5.91 Å². The predicted molar refractivity (Wildman–Crippen MR) is 120 cm³/mol. The SMILES string of the molecule is Cc1ccccc1NC(=O)c1ccc(CN2CCN(c3ccccc3)CC2)cc1. The molecule has 1 heterocycles. The second-order valence-electron chi connectivity index (χ2n) is 7.56.